The molecular formula is C14H14N2O2. The molecule has 1 aromatic carbocycles. The van der Waals surface area contributed by atoms with Gasteiger partial charge in [-0.1, -0.05) is 24.0 Å². The number of benzene rings is 1. The van der Waals surface area contributed by atoms with Crippen LogP contribution < -0.4 is 4.74 Å². The van der Waals surface area contributed by atoms with Crippen LogP contribution in [0.5, 0.6) is 5.75 Å². The number of hydrogen-bond acceptors (Lipinski definition) is 3. The molecule has 0 saturated heterocycles. The van der Waals surface area contributed by atoms with Crippen molar-refractivity contribution in [2.24, 2.45) is 7.05 Å². The van der Waals surface area contributed by atoms with E-state index >= 15 is 0 Å². The second-order valence-electron chi connectivity index (χ2n) is 3.73. The number of rotatable bonds is 3. The minimum Gasteiger partial charge on any atom is -0.486 e. The Morgan fingerprint density at radius 2 is 2.17 bits per heavy atom. The van der Waals surface area contributed by atoms with Gasteiger partial charge in [0.1, 0.15) is 19.0 Å². The van der Waals surface area contributed by atoms with Crippen molar-refractivity contribution in [3.8, 4) is 17.6 Å². The minimum atomic E-state index is -0.158. The molecule has 0 aliphatic carbocycles. The summed E-state index contributed by atoms with van der Waals surface area (Å²) < 4.78 is 7.41. The van der Waals surface area contributed by atoms with Crippen molar-refractivity contribution in [3.63, 3.8) is 0 Å². The molecule has 0 bridgehead atoms. The number of aromatic nitrogens is 2. The van der Waals surface area contributed by atoms with Gasteiger partial charge in [0.25, 0.3) is 0 Å². The molecule has 0 atom stereocenters. The van der Waals surface area contributed by atoms with Crippen molar-refractivity contribution in [2.75, 3.05) is 6.61 Å². The van der Waals surface area contributed by atoms with Gasteiger partial charge in [0.05, 0.1) is 11.3 Å². The summed E-state index contributed by atoms with van der Waals surface area (Å²) in [6.45, 7) is 0.243. The van der Waals surface area contributed by atoms with Crippen LogP contribution in [-0.4, -0.2) is 21.5 Å². The van der Waals surface area contributed by atoms with Gasteiger partial charge in [0.15, 0.2) is 0 Å². The van der Waals surface area contributed by atoms with Crippen LogP contribution in [0.1, 0.15) is 11.3 Å². The van der Waals surface area contributed by atoms with E-state index in [1.807, 2.05) is 43.6 Å². The third-order valence-electron chi connectivity index (χ3n) is 2.33. The summed E-state index contributed by atoms with van der Waals surface area (Å²) >= 11 is 0. The highest BCUT2D eigenvalue weighted by Gasteiger charge is 2.02. The molecule has 0 spiro atoms. The number of hydrogen-bond donors (Lipinski definition) is 1. The Balaban J connectivity index is 2.09. The number of aryl methyl sites for hydroxylation is 1. The van der Waals surface area contributed by atoms with Gasteiger partial charge in [-0.25, -0.2) is 0 Å². The van der Waals surface area contributed by atoms with E-state index in [4.69, 9.17) is 9.84 Å². The van der Waals surface area contributed by atoms with E-state index in [2.05, 4.69) is 16.9 Å². The molecule has 0 fully saturated rings. The molecule has 0 aliphatic rings. The van der Waals surface area contributed by atoms with E-state index in [1.54, 1.807) is 4.68 Å². The van der Waals surface area contributed by atoms with Crippen LogP contribution in [-0.2, 0) is 13.7 Å². The van der Waals surface area contributed by atoms with Crippen LogP contribution in [0.4, 0.5) is 0 Å². The molecular weight excluding hydrogens is 228 g/mol. The summed E-state index contributed by atoms with van der Waals surface area (Å²) in [5.74, 6) is 6.17. The van der Waals surface area contributed by atoms with E-state index in [-0.39, 0.29) is 6.61 Å². The standard InChI is InChI=1S/C14H14N2O2/c1-16-9-8-13(15-16)11-18-14-7-3-2-5-12(14)6-4-10-17/h2-3,5,7-9,17H,10-11H2,1H3. The lowest BCUT2D eigenvalue weighted by atomic mass is 10.2. The highest BCUT2D eigenvalue weighted by Crippen LogP contribution is 2.17. The maximum absolute atomic E-state index is 8.70. The molecule has 2 aromatic rings. The third-order valence-corrected chi connectivity index (χ3v) is 2.33. The fraction of sp³-hybridized carbons (Fsp3) is 0.214. The first-order valence-electron chi connectivity index (χ1n) is 5.59. The summed E-state index contributed by atoms with van der Waals surface area (Å²) in [6.07, 6.45) is 1.87. The molecule has 0 saturated carbocycles. The second kappa shape index (κ2) is 5.89. The molecule has 4 heteroatoms. The molecule has 92 valence electrons. The zero-order chi connectivity index (χ0) is 12.8. The van der Waals surface area contributed by atoms with Crippen molar-refractivity contribution in [1.29, 1.82) is 0 Å². The van der Waals surface area contributed by atoms with Crippen molar-refractivity contribution in [1.82, 2.24) is 9.78 Å². The summed E-state index contributed by atoms with van der Waals surface area (Å²) in [5.41, 5.74) is 1.63. The number of nitrogens with zero attached hydrogens (tertiary/aromatic N) is 2. The lowest BCUT2D eigenvalue weighted by molar-refractivity contribution is 0.299. The fourth-order valence-corrected chi connectivity index (χ4v) is 1.52. The highest BCUT2D eigenvalue weighted by atomic mass is 16.5. The zero-order valence-electron chi connectivity index (χ0n) is 10.1. The van der Waals surface area contributed by atoms with Crippen LogP contribution >= 0.6 is 0 Å². The molecule has 4 nitrogen and oxygen atoms in total. The Morgan fingerprint density at radius 1 is 1.33 bits per heavy atom. The van der Waals surface area contributed by atoms with Gasteiger partial charge >= 0.3 is 0 Å². The maximum Gasteiger partial charge on any atom is 0.135 e. The Labute approximate surface area is 106 Å². The van der Waals surface area contributed by atoms with Crippen LogP contribution in [0, 0.1) is 11.8 Å². The van der Waals surface area contributed by atoms with Crippen LogP contribution in [0.2, 0.25) is 0 Å². The van der Waals surface area contributed by atoms with E-state index in [9.17, 15) is 0 Å². The summed E-state index contributed by atoms with van der Waals surface area (Å²) in [5, 5.41) is 12.9. The largest absolute Gasteiger partial charge is 0.486 e. The van der Waals surface area contributed by atoms with Crippen molar-refractivity contribution in [2.45, 2.75) is 6.61 Å². The molecule has 1 N–H and O–H groups in total. The van der Waals surface area contributed by atoms with E-state index < -0.39 is 0 Å². The molecule has 1 heterocycles. The van der Waals surface area contributed by atoms with Crippen LogP contribution in [0.25, 0.3) is 0 Å². The number of aliphatic hydroxyl groups is 1. The van der Waals surface area contributed by atoms with Gasteiger partial charge in [0.2, 0.25) is 0 Å². The van der Waals surface area contributed by atoms with Gasteiger partial charge < -0.3 is 9.84 Å². The summed E-state index contributed by atoms with van der Waals surface area (Å²) in [4.78, 5) is 0. The summed E-state index contributed by atoms with van der Waals surface area (Å²) in [7, 11) is 1.87. The first kappa shape index (κ1) is 12.2. The Bertz CT molecular complexity index is 579. The van der Waals surface area contributed by atoms with Crippen molar-refractivity contribution in [3.05, 3.63) is 47.8 Å². The van der Waals surface area contributed by atoms with Gasteiger partial charge in [-0.3, -0.25) is 4.68 Å². The molecule has 0 radical (unpaired) electrons. The Kier molecular flexibility index (Phi) is 4.00. The van der Waals surface area contributed by atoms with Crippen molar-refractivity contribution < 1.29 is 9.84 Å². The smallest absolute Gasteiger partial charge is 0.135 e. The van der Waals surface area contributed by atoms with E-state index in [1.165, 1.54) is 0 Å². The molecule has 0 aliphatic heterocycles. The highest BCUT2D eigenvalue weighted by molar-refractivity contribution is 5.45. The lowest BCUT2D eigenvalue weighted by Crippen LogP contribution is -1.99. The van der Waals surface area contributed by atoms with Gasteiger partial charge in [0, 0.05) is 13.2 Å². The van der Waals surface area contributed by atoms with Crippen LogP contribution in [0.3, 0.4) is 0 Å². The molecule has 2 rings (SSSR count). The first-order chi connectivity index (χ1) is 8.79. The Hall–Kier alpha value is -2.25. The monoisotopic (exact) mass is 242 g/mol. The van der Waals surface area contributed by atoms with Gasteiger partial charge in [-0.05, 0) is 18.2 Å². The molecule has 18 heavy (non-hydrogen) atoms. The quantitative estimate of drug-likeness (QED) is 0.826. The minimum absolute atomic E-state index is 0.158. The first-order valence-corrected chi connectivity index (χ1v) is 5.59. The second-order valence-corrected chi connectivity index (χ2v) is 3.73. The Morgan fingerprint density at radius 3 is 2.89 bits per heavy atom. The molecule has 1 aromatic heterocycles. The van der Waals surface area contributed by atoms with E-state index in [0.717, 1.165) is 11.3 Å². The van der Waals surface area contributed by atoms with Crippen LogP contribution in [0.15, 0.2) is 36.5 Å². The molecule has 0 amide bonds. The number of ether oxygens (including phenoxy) is 1. The van der Waals surface area contributed by atoms with Crippen molar-refractivity contribution >= 4 is 0 Å². The predicted molar refractivity (Wildman–Crippen MR) is 67.9 cm³/mol. The maximum atomic E-state index is 8.70. The third kappa shape index (κ3) is 3.12. The predicted octanol–water partition coefficient (Wildman–Crippen LogP) is 1.34. The number of para-hydroxylation sites is 1. The number of aliphatic hydroxyl groups excluding tert-OH is 1. The van der Waals surface area contributed by atoms with Gasteiger partial charge in [-0.2, -0.15) is 5.10 Å². The summed E-state index contributed by atoms with van der Waals surface area (Å²) in [6, 6.07) is 9.38. The average Bonchev–Trinajstić information content (AvgIpc) is 2.81. The lowest BCUT2D eigenvalue weighted by Gasteiger charge is -2.06. The normalized spacial score (nSPS) is 9.67. The average molecular weight is 242 g/mol. The SMILES string of the molecule is Cn1ccc(COc2ccccc2C#CCO)n1. The van der Waals surface area contributed by atoms with E-state index in [0.29, 0.717) is 12.4 Å². The fourth-order valence-electron chi connectivity index (χ4n) is 1.52. The molecule has 0 unspecified atom stereocenters. The topological polar surface area (TPSA) is 47.3 Å². The van der Waals surface area contributed by atoms with Gasteiger partial charge in [-0.15, -0.1) is 0 Å². The zero-order valence-corrected chi connectivity index (χ0v) is 10.1.